The molecule has 0 bridgehead atoms. The monoisotopic (exact) mass is 386 g/mol. The van der Waals surface area contributed by atoms with Crippen LogP contribution in [-0.4, -0.2) is 0 Å². The average Bonchev–Trinajstić information content (AvgIpc) is 2.38. The zero-order chi connectivity index (χ0) is 14.2. The van der Waals surface area contributed by atoms with Gasteiger partial charge in [0.15, 0.2) is 5.75 Å². The Bertz CT molecular complexity index is 646. The van der Waals surface area contributed by atoms with Crippen molar-refractivity contribution in [2.24, 2.45) is 0 Å². The Kier molecular flexibility index (Phi) is 3.77. The highest BCUT2D eigenvalue weighted by Gasteiger charge is 2.12. The number of anilines is 4. The minimum absolute atomic E-state index is 0.389. The summed E-state index contributed by atoms with van der Waals surface area (Å²) in [7, 11) is 0. The van der Waals surface area contributed by atoms with E-state index in [2.05, 4.69) is 31.9 Å². The number of hydrogen-bond acceptors (Lipinski definition) is 5. The molecule has 8 N–H and O–H groups in total. The Morgan fingerprint density at radius 2 is 1.53 bits per heavy atom. The lowest BCUT2D eigenvalue weighted by Crippen LogP contribution is -2.01. The fraction of sp³-hybridized carbons (Fsp3) is 0. The van der Waals surface area contributed by atoms with Crippen LogP contribution >= 0.6 is 31.9 Å². The first-order valence-electron chi connectivity index (χ1n) is 5.26. The summed E-state index contributed by atoms with van der Waals surface area (Å²) in [5, 5.41) is 0. The molecule has 0 aromatic heterocycles. The van der Waals surface area contributed by atoms with Gasteiger partial charge < -0.3 is 27.7 Å². The molecule has 0 amide bonds. The van der Waals surface area contributed by atoms with E-state index >= 15 is 0 Å². The first kappa shape index (κ1) is 13.8. The maximum absolute atomic E-state index is 5.92. The Balaban J connectivity index is 2.41. The van der Waals surface area contributed by atoms with Crippen molar-refractivity contribution >= 4 is 54.6 Å². The second-order valence-electron chi connectivity index (χ2n) is 3.89. The topological polar surface area (TPSA) is 113 Å². The normalized spacial score (nSPS) is 10.4. The van der Waals surface area contributed by atoms with E-state index in [1.54, 1.807) is 24.3 Å². The minimum Gasteiger partial charge on any atom is -0.455 e. The van der Waals surface area contributed by atoms with Gasteiger partial charge in [-0.1, -0.05) is 0 Å². The molecule has 0 aliphatic heterocycles. The van der Waals surface area contributed by atoms with E-state index in [9.17, 15) is 0 Å². The van der Waals surface area contributed by atoms with Crippen molar-refractivity contribution in [1.29, 1.82) is 0 Å². The molecule has 2 aromatic rings. The standard InChI is InChI=1S/C12H12Br2N4O/c13-6-3-5(1-2-7(6)15)19-9-4-8(16)11(17)10(14)12(9)18/h1-4H,15-18H2. The quantitative estimate of drug-likeness (QED) is 0.590. The van der Waals surface area contributed by atoms with Crippen LogP contribution in [0.25, 0.3) is 0 Å². The van der Waals surface area contributed by atoms with Crippen molar-refractivity contribution in [1.82, 2.24) is 0 Å². The average molecular weight is 388 g/mol. The van der Waals surface area contributed by atoms with Crippen molar-refractivity contribution in [3.05, 3.63) is 33.2 Å². The molecule has 0 fully saturated rings. The van der Waals surface area contributed by atoms with Gasteiger partial charge in [-0.15, -0.1) is 0 Å². The molecule has 19 heavy (non-hydrogen) atoms. The third-order valence-electron chi connectivity index (χ3n) is 2.54. The van der Waals surface area contributed by atoms with Gasteiger partial charge >= 0.3 is 0 Å². The van der Waals surface area contributed by atoms with Crippen LogP contribution < -0.4 is 27.7 Å². The van der Waals surface area contributed by atoms with Gasteiger partial charge in [-0.05, 0) is 50.1 Å². The number of halogens is 2. The summed E-state index contributed by atoms with van der Waals surface area (Å²) in [6.45, 7) is 0. The Hall–Kier alpha value is -1.60. The largest absolute Gasteiger partial charge is 0.455 e. The minimum atomic E-state index is 0.389. The molecule has 0 atom stereocenters. The second-order valence-corrected chi connectivity index (χ2v) is 5.54. The lowest BCUT2D eigenvalue weighted by molar-refractivity contribution is 0.485. The molecule has 2 rings (SSSR count). The molecule has 0 spiro atoms. The van der Waals surface area contributed by atoms with Gasteiger partial charge in [0.25, 0.3) is 0 Å². The molecule has 0 heterocycles. The summed E-state index contributed by atoms with van der Waals surface area (Å²) in [6.07, 6.45) is 0. The van der Waals surface area contributed by atoms with Gasteiger partial charge in [-0.3, -0.25) is 0 Å². The van der Waals surface area contributed by atoms with Gasteiger partial charge in [0.2, 0.25) is 0 Å². The van der Waals surface area contributed by atoms with E-state index in [0.29, 0.717) is 38.7 Å². The summed E-state index contributed by atoms with van der Waals surface area (Å²) in [5.41, 5.74) is 25.0. The molecule has 100 valence electrons. The lowest BCUT2D eigenvalue weighted by atomic mass is 10.2. The number of benzene rings is 2. The highest BCUT2D eigenvalue weighted by atomic mass is 79.9. The van der Waals surface area contributed by atoms with Crippen molar-refractivity contribution < 1.29 is 4.74 Å². The van der Waals surface area contributed by atoms with E-state index in [4.69, 9.17) is 27.7 Å². The SMILES string of the molecule is Nc1ccc(Oc2cc(N)c(N)c(Br)c2N)cc1Br. The molecule has 0 aliphatic rings. The molecular formula is C12H12Br2N4O. The maximum Gasteiger partial charge on any atom is 0.153 e. The summed E-state index contributed by atoms with van der Waals surface area (Å²) < 4.78 is 6.95. The van der Waals surface area contributed by atoms with E-state index in [0.717, 1.165) is 4.47 Å². The van der Waals surface area contributed by atoms with Crippen molar-refractivity contribution in [2.45, 2.75) is 0 Å². The molecule has 0 aliphatic carbocycles. The van der Waals surface area contributed by atoms with Crippen molar-refractivity contribution in [3.63, 3.8) is 0 Å². The number of ether oxygens (including phenoxy) is 1. The molecule has 7 heteroatoms. The van der Waals surface area contributed by atoms with Crippen LogP contribution in [0, 0.1) is 0 Å². The van der Waals surface area contributed by atoms with Gasteiger partial charge in [0, 0.05) is 16.2 Å². The fourth-order valence-corrected chi connectivity index (χ4v) is 2.24. The predicted octanol–water partition coefficient (Wildman–Crippen LogP) is 3.33. The van der Waals surface area contributed by atoms with Crippen LogP contribution in [0.15, 0.2) is 33.2 Å². The maximum atomic E-state index is 5.92. The number of rotatable bonds is 2. The molecule has 0 saturated heterocycles. The summed E-state index contributed by atoms with van der Waals surface area (Å²) in [5.74, 6) is 1.01. The van der Waals surface area contributed by atoms with Gasteiger partial charge in [-0.2, -0.15) is 0 Å². The zero-order valence-electron chi connectivity index (χ0n) is 9.78. The number of nitrogen functional groups attached to an aromatic ring is 4. The van der Waals surface area contributed by atoms with Gasteiger partial charge in [-0.25, -0.2) is 0 Å². The number of hydrogen-bond donors (Lipinski definition) is 4. The zero-order valence-corrected chi connectivity index (χ0v) is 13.0. The van der Waals surface area contributed by atoms with Gasteiger partial charge in [0.05, 0.1) is 21.5 Å². The van der Waals surface area contributed by atoms with E-state index in [1.807, 2.05) is 0 Å². The summed E-state index contributed by atoms with van der Waals surface area (Å²) in [6, 6.07) is 6.79. The van der Waals surface area contributed by atoms with Crippen LogP contribution in [0.3, 0.4) is 0 Å². The molecule has 0 radical (unpaired) electrons. The van der Waals surface area contributed by atoms with E-state index < -0.39 is 0 Å². The van der Waals surface area contributed by atoms with Crippen molar-refractivity contribution in [3.8, 4) is 11.5 Å². The van der Waals surface area contributed by atoms with Crippen molar-refractivity contribution in [2.75, 3.05) is 22.9 Å². The fourth-order valence-electron chi connectivity index (χ4n) is 1.46. The third-order valence-corrected chi connectivity index (χ3v) is 4.08. The van der Waals surface area contributed by atoms with Crippen LogP contribution in [-0.2, 0) is 0 Å². The van der Waals surface area contributed by atoms with E-state index in [-0.39, 0.29) is 0 Å². The first-order chi connectivity index (χ1) is 8.90. The Labute approximate surface area is 127 Å². The van der Waals surface area contributed by atoms with Crippen LogP contribution in [0.4, 0.5) is 22.7 Å². The van der Waals surface area contributed by atoms with E-state index in [1.165, 1.54) is 0 Å². The molecule has 5 nitrogen and oxygen atoms in total. The highest BCUT2D eigenvalue weighted by molar-refractivity contribution is 9.11. The van der Waals surface area contributed by atoms with Gasteiger partial charge in [0.1, 0.15) is 5.75 Å². The molecular weight excluding hydrogens is 376 g/mol. The summed E-state index contributed by atoms with van der Waals surface area (Å²) in [4.78, 5) is 0. The highest BCUT2D eigenvalue weighted by Crippen LogP contribution is 2.41. The Morgan fingerprint density at radius 1 is 0.842 bits per heavy atom. The third kappa shape index (κ3) is 2.71. The smallest absolute Gasteiger partial charge is 0.153 e. The molecule has 0 saturated carbocycles. The van der Waals surface area contributed by atoms with Crippen LogP contribution in [0.5, 0.6) is 11.5 Å². The second kappa shape index (κ2) is 5.18. The van der Waals surface area contributed by atoms with Crippen LogP contribution in [0.2, 0.25) is 0 Å². The number of nitrogens with two attached hydrogens (primary N) is 4. The predicted molar refractivity (Wildman–Crippen MR) is 86.0 cm³/mol. The first-order valence-corrected chi connectivity index (χ1v) is 6.84. The lowest BCUT2D eigenvalue weighted by Gasteiger charge is -2.13. The van der Waals surface area contributed by atoms with Crippen LogP contribution in [0.1, 0.15) is 0 Å². The Morgan fingerprint density at radius 3 is 2.16 bits per heavy atom. The summed E-state index contributed by atoms with van der Waals surface area (Å²) >= 11 is 6.61. The molecule has 0 unspecified atom stereocenters. The molecule has 2 aromatic carbocycles.